The Kier molecular flexibility index (Phi) is 11.0. The highest BCUT2D eigenvalue weighted by Crippen LogP contribution is 2.00. The minimum Gasteiger partial charge on any atom is -0.393 e. The molecule has 0 saturated heterocycles. The zero-order valence-electron chi connectivity index (χ0n) is 12.5. The molecule has 6 heteroatoms. The van der Waals surface area contributed by atoms with E-state index >= 15 is 0 Å². The summed E-state index contributed by atoms with van der Waals surface area (Å²) in [7, 11) is 0. The third-order valence-electron chi connectivity index (χ3n) is 2.82. The number of rotatable bonds is 11. The second-order valence-corrected chi connectivity index (χ2v) is 5.18. The fraction of sp³-hybridized carbons (Fsp3) is 0.857. The van der Waals surface area contributed by atoms with Crippen LogP contribution in [0.15, 0.2) is 0 Å². The number of aliphatic hydroxyl groups is 2. The number of hydrogen-bond acceptors (Lipinski definition) is 4. The Morgan fingerprint density at radius 1 is 0.850 bits per heavy atom. The molecule has 0 bridgehead atoms. The molecule has 118 valence electrons. The highest BCUT2D eigenvalue weighted by atomic mass is 16.3. The second kappa shape index (κ2) is 11.7. The van der Waals surface area contributed by atoms with Crippen molar-refractivity contribution >= 4 is 11.8 Å². The fourth-order valence-corrected chi connectivity index (χ4v) is 1.70. The number of amides is 2. The van der Waals surface area contributed by atoms with Crippen LogP contribution in [-0.4, -0.2) is 47.3 Å². The van der Waals surface area contributed by atoms with Crippen LogP contribution in [0, 0.1) is 0 Å². The molecule has 0 aromatic rings. The maximum Gasteiger partial charge on any atom is 0.220 e. The molecule has 4 N–H and O–H groups in total. The summed E-state index contributed by atoms with van der Waals surface area (Å²) in [6.45, 7) is 4.22. The van der Waals surface area contributed by atoms with E-state index in [0.717, 1.165) is 0 Å². The second-order valence-electron chi connectivity index (χ2n) is 5.18. The Morgan fingerprint density at radius 3 is 1.50 bits per heavy atom. The first-order valence-electron chi connectivity index (χ1n) is 7.31. The van der Waals surface area contributed by atoms with E-state index in [1.807, 2.05) is 0 Å². The number of carbonyl (C=O) groups excluding carboxylic acids is 2. The summed E-state index contributed by atoms with van der Waals surface area (Å²) >= 11 is 0. The Hall–Kier alpha value is -1.14. The van der Waals surface area contributed by atoms with Crippen molar-refractivity contribution in [2.45, 2.75) is 64.6 Å². The minimum absolute atomic E-state index is 0.0611. The molecule has 0 spiro atoms. The van der Waals surface area contributed by atoms with Gasteiger partial charge in [-0.1, -0.05) is 0 Å². The van der Waals surface area contributed by atoms with Crippen LogP contribution in [0.3, 0.4) is 0 Å². The molecule has 0 fully saturated rings. The van der Waals surface area contributed by atoms with Gasteiger partial charge >= 0.3 is 0 Å². The molecule has 2 unspecified atom stereocenters. The van der Waals surface area contributed by atoms with E-state index in [0.29, 0.717) is 51.6 Å². The molecule has 0 aliphatic heterocycles. The Morgan fingerprint density at radius 2 is 1.20 bits per heavy atom. The smallest absolute Gasteiger partial charge is 0.220 e. The summed E-state index contributed by atoms with van der Waals surface area (Å²) in [6.07, 6.45) is 2.61. The molecule has 0 radical (unpaired) electrons. The monoisotopic (exact) mass is 288 g/mol. The summed E-state index contributed by atoms with van der Waals surface area (Å²) in [5, 5.41) is 23.5. The van der Waals surface area contributed by atoms with E-state index in [-0.39, 0.29) is 24.0 Å². The van der Waals surface area contributed by atoms with E-state index in [9.17, 15) is 9.59 Å². The van der Waals surface area contributed by atoms with Crippen LogP contribution in [0.4, 0.5) is 0 Å². The average Bonchev–Trinajstić information content (AvgIpc) is 2.33. The lowest BCUT2D eigenvalue weighted by Gasteiger charge is -2.08. The molecule has 0 saturated carbocycles. The third-order valence-corrected chi connectivity index (χ3v) is 2.82. The molecule has 0 heterocycles. The highest BCUT2D eigenvalue weighted by molar-refractivity contribution is 5.77. The molecule has 0 aromatic heterocycles. The molecule has 2 amide bonds. The summed E-state index contributed by atoms with van der Waals surface area (Å²) in [4.78, 5) is 22.8. The molecule has 0 rings (SSSR count). The lowest BCUT2D eigenvalue weighted by Crippen LogP contribution is -2.34. The van der Waals surface area contributed by atoms with Crippen LogP contribution in [-0.2, 0) is 9.59 Å². The normalized spacial score (nSPS) is 13.6. The van der Waals surface area contributed by atoms with Gasteiger partial charge in [-0.15, -0.1) is 0 Å². The summed E-state index contributed by atoms with van der Waals surface area (Å²) in [5.74, 6) is -0.122. The van der Waals surface area contributed by atoms with Crippen LogP contribution >= 0.6 is 0 Å². The maximum absolute atomic E-state index is 11.4. The molecule has 20 heavy (non-hydrogen) atoms. The first-order chi connectivity index (χ1) is 9.41. The van der Waals surface area contributed by atoms with Crippen molar-refractivity contribution in [2.75, 3.05) is 13.1 Å². The van der Waals surface area contributed by atoms with Gasteiger partial charge in [0.2, 0.25) is 11.8 Å². The quantitative estimate of drug-likeness (QED) is 0.412. The van der Waals surface area contributed by atoms with E-state index < -0.39 is 0 Å². The molecule has 0 aromatic carbocycles. The van der Waals surface area contributed by atoms with Gasteiger partial charge in [-0.2, -0.15) is 0 Å². The predicted molar refractivity (Wildman–Crippen MR) is 77.1 cm³/mol. The molecular formula is C14H28N2O4. The van der Waals surface area contributed by atoms with Crippen molar-refractivity contribution in [2.24, 2.45) is 0 Å². The molecular weight excluding hydrogens is 260 g/mol. The van der Waals surface area contributed by atoms with Gasteiger partial charge in [0.1, 0.15) is 0 Å². The summed E-state index contributed by atoms with van der Waals surface area (Å²) in [5.41, 5.74) is 0. The third kappa shape index (κ3) is 13.3. The largest absolute Gasteiger partial charge is 0.393 e. The fourth-order valence-electron chi connectivity index (χ4n) is 1.70. The van der Waals surface area contributed by atoms with Crippen LogP contribution in [0.2, 0.25) is 0 Å². The van der Waals surface area contributed by atoms with Crippen LogP contribution in [0.1, 0.15) is 52.4 Å². The van der Waals surface area contributed by atoms with Gasteiger partial charge in [0.15, 0.2) is 0 Å². The van der Waals surface area contributed by atoms with Crippen molar-refractivity contribution in [3.63, 3.8) is 0 Å². The lowest BCUT2D eigenvalue weighted by molar-refractivity contribution is -0.123. The van der Waals surface area contributed by atoms with Gasteiger partial charge < -0.3 is 20.8 Å². The van der Waals surface area contributed by atoms with E-state index in [4.69, 9.17) is 10.2 Å². The van der Waals surface area contributed by atoms with Gasteiger partial charge in [-0.05, 0) is 39.5 Å². The standard InChI is InChI=1S/C14H28N2O4/c1-11(17)5-3-7-13(19)15-9-10-16-14(20)8-4-6-12(2)18/h11-12,17-18H,3-10H2,1-2H3,(H,15,19)(H,16,20). The number of hydrogen-bond donors (Lipinski definition) is 4. The Balaban J connectivity index is 3.41. The molecule has 0 aliphatic rings. The Bertz CT molecular complexity index is 252. The van der Waals surface area contributed by atoms with Crippen LogP contribution in [0.5, 0.6) is 0 Å². The zero-order valence-corrected chi connectivity index (χ0v) is 12.5. The Labute approximate surface area is 120 Å². The highest BCUT2D eigenvalue weighted by Gasteiger charge is 2.04. The molecule has 2 atom stereocenters. The van der Waals surface area contributed by atoms with Crippen LogP contribution < -0.4 is 10.6 Å². The number of nitrogens with one attached hydrogen (secondary N) is 2. The first-order valence-corrected chi connectivity index (χ1v) is 7.31. The lowest BCUT2D eigenvalue weighted by atomic mass is 10.1. The van der Waals surface area contributed by atoms with Gasteiger partial charge in [-0.3, -0.25) is 9.59 Å². The molecule has 6 nitrogen and oxygen atoms in total. The summed E-state index contributed by atoms with van der Waals surface area (Å²) < 4.78 is 0. The van der Waals surface area contributed by atoms with Crippen molar-refractivity contribution in [1.29, 1.82) is 0 Å². The van der Waals surface area contributed by atoms with Gasteiger partial charge in [-0.25, -0.2) is 0 Å². The zero-order chi connectivity index (χ0) is 15.4. The SMILES string of the molecule is CC(O)CCCC(=O)NCCNC(=O)CCCC(C)O. The van der Waals surface area contributed by atoms with Crippen molar-refractivity contribution in [1.82, 2.24) is 10.6 Å². The van der Waals surface area contributed by atoms with Crippen molar-refractivity contribution in [3.8, 4) is 0 Å². The minimum atomic E-state index is -0.372. The van der Waals surface area contributed by atoms with Gasteiger partial charge in [0.25, 0.3) is 0 Å². The van der Waals surface area contributed by atoms with E-state index in [1.165, 1.54) is 0 Å². The predicted octanol–water partition coefficient (Wildman–Crippen LogP) is 0.321. The number of carbonyl (C=O) groups is 2. The van der Waals surface area contributed by atoms with Gasteiger partial charge in [0.05, 0.1) is 12.2 Å². The summed E-state index contributed by atoms with van der Waals surface area (Å²) in [6, 6.07) is 0. The average molecular weight is 288 g/mol. The van der Waals surface area contributed by atoms with E-state index in [2.05, 4.69) is 10.6 Å². The first kappa shape index (κ1) is 18.9. The number of aliphatic hydroxyl groups excluding tert-OH is 2. The van der Waals surface area contributed by atoms with Crippen molar-refractivity contribution < 1.29 is 19.8 Å². The van der Waals surface area contributed by atoms with Crippen LogP contribution in [0.25, 0.3) is 0 Å². The van der Waals surface area contributed by atoms with Crippen molar-refractivity contribution in [3.05, 3.63) is 0 Å². The topological polar surface area (TPSA) is 98.7 Å². The van der Waals surface area contributed by atoms with E-state index in [1.54, 1.807) is 13.8 Å². The molecule has 0 aliphatic carbocycles. The van der Waals surface area contributed by atoms with Gasteiger partial charge in [0, 0.05) is 25.9 Å². The maximum atomic E-state index is 11.4.